The van der Waals surface area contributed by atoms with Gasteiger partial charge in [-0.25, -0.2) is 0 Å². The maximum absolute atomic E-state index is 11.8. The average molecular weight is 404 g/mol. The third-order valence-electron chi connectivity index (χ3n) is 5.13. The van der Waals surface area contributed by atoms with Crippen molar-refractivity contribution in [2.24, 2.45) is 0 Å². The lowest BCUT2D eigenvalue weighted by Gasteiger charge is -2.31. The molecule has 7 heteroatoms. The summed E-state index contributed by atoms with van der Waals surface area (Å²) in [6, 6.07) is 11.6. The van der Waals surface area contributed by atoms with E-state index in [1.165, 1.54) is 0 Å². The minimum atomic E-state index is -1.14. The minimum absolute atomic E-state index is 0.163. The number of hydrogen-bond acceptors (Lipinski definition) is 6. The fraction of sp³-hybridized carbons (Fsp3) is 0.381. The van der Waals surface area contributed by atoms with Crippen LogP contribution in [0.2, 0.25) is 5.02 Å². The van der Waals surface area contributed by atoms with Crippen LogP contribution in [-0.2, 0) is 16.0 Å². The molecule has 2 aromatic carbocycles. The molecule has 3 atom stereocenters. The molecule has 148 valence electrons. The monoisotopic (exact) mass is 403 g/mol. The maximum Gasteiger partial charge on any atom is 0.192 e. The number of ketones is 1. The molecule has 2 aromatic rings. The molecular weight excluding hydrogens is 382 g/mol. The molecule has 0 aromatic heterocycles. The van der Waals surface area contributed by atoms with E-state index in [1.807, 2.05) is 24.3 Å². The van der Waals surface area contributed by atoms with Crippen LogP contribution in [0.3, 0.4) is 0 Å². The van der Waals surface area contributed by atoms with Crippen LogP contribution in [0.25, 0.3) is 0 Å². The molecule has 6 nitrogen and oxygen atoms in total. The molecule has 28 heavy (non-hydrogen) atoms. The second-order valence-corrected chi connectivity index (χ2v) is 7.49. The summed E-state index contributed by atoms with van der Waals surface area (Å²) in [5.74, 6) is 0.371. The van der Waals surface area contributed by atoms with Crippen molar-refractivity contribution in [3.63, 3.8) is 0 Å². The number of carbonyl (C=O) groups excluding carboxylic acids is 1. The van der Waals surface area contributed by atoms with E-state index in [9.17, 15) is 15.0 Å². The molecule has 3 unspecified atom stereocenters. The number of halogens is 1. The predicted octanol–water partition coefficient (Wildman–Crippen LogP) is 2.49. The number of nitrogens with one attached hydrogen (secondary N) is 1. The van der Waals surface area contributed by atoms with Gasteiger partial charge in [0, 0.05) is 18.0 Å². The van der Waals surface area contributed by atoms with Crippen LogP contribution in [0, 0.1) is 0 Å². The molecule has 0 spiro atoms. The SMILES string of the molecule is O=C1C(O)CC(c2ccc(Cl)c(Cc3ccc4c(c3)NCCO4)c2)OC1CO. The first-order valence-electron chi connectivity index (χ1n) is 9.31. The van der Waals surface area contributed by atoms with Gasteiger partial charge in [0.15, 0.2) is 5.78 Å². The molecule has 0 amide bonds. The lowest BCUT2D eigenvalue weighted by molar-refractivity contribution is -0.161. The normalized spacial score (nSPS) is 24.2. The average Bonchev–Trinajstić information content (AvgIpc) is 2.71. The Morgan fingerprint density at radius 1 is 1.21 bits per heavy atom. The highest BCUT2D eigenvalue weighted by atomic mass is 35.5. The van der Waals surface area contributed by atoms with Gasteiger partial charge in [0.25, 0.3) is 0 Å². The fourth-order valence-corrected chi connectivity index (χ4v) is 3.83. The third kappa shape index (κ3) is 3.86. The molecular formula is C21H22ClNO5. The summed E-state index contributed by atoms with van der Waals surface area (Å²) in [6.07, 6.45) is -1.82. The Morgan fingerprint density at radius 3 is 2.89 bits per heavy atom. The Bertz CT molecular complexity index is 887. The Morgan fingerprint density at radius 2 is 2.07 bits per heavy atom. The second-order valence-electron chi connectivity index (χ2n) is 7.08. The van der Waals surface area contributed by atoms with Crippen molar-refractivity contribution in [2.45, 2.75) is 31.2 Å². The highest BCUT2D eigenvalue weighted by molar-refractivity contribution is 6.31. The molecule has 2 aliphatic rings. The van der Waals surface area contributed by atoms with Crippen molar-refractivity contribution in [1.82, 2.24) is 0 Å². The molecule has 2 aliphatic heterocycles. The van der Waals surface area contributed by atoms with Crippen molar-refractivity contribution in [2.75, 3.05) is 25.1 Å². The summed E-state index contributed by atoms with van der Waals surface area (Å²) < 4.78 is 11.3. The number of fused-ring (bicyclic) bond motifs is 1. The first kappa shape index (κ1) is 19.2. The summed E-state index contributed by atoms with van der Waals surface area (Å²) in [4.78, 5) is 11.8. The highest BCUT2D eigenvalue weighted by Crippen LogP contribution is 2.34. The van der Waals surface area contributed by atoms with E-state index in [2.05, 4.69) is 11.4 Å². The third-order valence-corrected chi connectivity index (χ3v) is 5.50. The van der Waals surface area contributed by atoms with Crippen LogP contribution >= 0.6 is 11.6 Å². The Kier molecular flexibility index (Phi) is 5.55. The molecule has 0 bridgehead atoms. The number of carbonyl (C=O) groups is 1. The number of Topliss-reactive ketones (excluding diaryl/α,β-unsaturated/α-hetero) is 1. The van der Waals surface area contributed by atoms with Gasteiger partial charge in [0.2, 0.25) is 0 Å². The summed E-state index contributed by atoms with van der Waals surface area (Å²) >= 11 is 6.41. The van der Waals surface area contributed by atoms with Crippen molar-refractivity contribution in [3.05, 3.63) is 58.1 Å². The largest absolute Gasteiger partial charge is 0.490 e. The van der Waals surface area contributed by atoms with Crippen molar-refractivity contribution < 1.29 is 24.5 Å². The van der Waals surface area contributed by atoms with Crippen molar-refractivity contribution in [1.29, 1.82) is 0 Å². The van der Waals surface area contributed by atoms with E-state index >= 15 is 0 Å². The standard InChI is InChI=1S/C21H22ClNO5/c22-15-3-2-13(19-10-17(25)21(26)20(11-24)28-19)9-14(15)7-12-1-4-18-16(8-12)23-5-6-27-18/h1-4,8-9,17,19-20,23-25H,5-7,10-11H2. The number of aliphatic hydroxyl groups excluding tert-OH is 2. The van der Waals surface area contributed by atoms with Gasteiger partial charge in [-0.3, -0.25) is 4.79 Å². The van der Waals surface area contributed by atoms with Gasteiger partial charge >= 0.3 is 0 Å². The first-order chi connectivity index (χ1) is 13.5. The van der Waals surface area contributed by atoms with Gasteiger partial charge in [-0.2, -0.15) is 0 Å². The molecule has 0 aliphatic carbocycles. The summed E-state index contributed by atoms with van der Waals surface area (Å²) in [5, 5.41) is 23.3. The smallest absolute Gasteiger partial charge is 0.192 e. The number of ether oxygens (including phenoxy) is 2. The number of hydrogen-bond donors (Lipinski definition) is 3. The van der Waals surface area contributed by atoms with Gasteiger partial charge in [0.05, 0.1) is 18.4 Å². The van der Waals surface area contributed by atoms with Gasteiger partial charge in [-0.05, 0) is 41.3 Å². The van der Waals surface area contributed by atoms with Crippen LogP contribution in [0.5, 0.6) is 5.75 Å². The minimum Gasteiger partial charge on any atom is -0.490 e. The topological polar surface area (TPSA) is 88.0 Å². The zero-order valence-electron chi connectivity index (χ0n) is 15.2. The summed E-state index contributed by atoms with van der Waals surface area (Å²) in [7, 11) is 0. The van der Waals surface area contributed by atoms with Crippen LogP contribution in [-0.4, -0.2) is 48.0 Å². The molecule has 3 N–H and O–H groups in total. The van der Waals surface area contributed by atoms with Gasteiger partial charge in [-0.1, -0.05) is 29.8 Å². The Balaban J connectivity index is 1.57. The van der Waals surface area contributed by atoms with E-state index in [0.717, 1.165) is 34.7 Å². The van der Waals surface area contributed by atoms with E-state index in [0.29, 0.717) is 18.1 Å². The van der Waals surface area contributed by atoms with Crippen LogP contribution in [0.15, 0.2) is 36.4 Å². The highest BCUT2D eigenvalue weighted by Gasteiger charge is 2.36. The van der Waals surface area contributed by atoms with Crippen molar-refractivity contribution in [3.8, 4) is 5.75 Å². The first-order valence-corrected chi connectivity index (χ1v) is 9.69. The Labute approximate surface area is 168 Å². The van der Waals surface area contributed by atoms with Crippen molar-refractivity contribution >= 4 is 23.1 Å². The summed E-state index contributed by atoms with van der Waals surface area (Å²) in [6.45, 7) is 0.987. The zero-order chi connectivity index (χ0) is 19.7. The molecule has 4 rings (SSSR count). The number of aliphatic hydroxyl groups is 2. The van der Waals surface area contributed by atoms with Crippen LogP contribution in [0.1, 0.15) is 29.2 Å². The molecule has 0 saturated carbocycles. The maximum atomic E-state index is 11.8. The predicted molar refractivity (Wildman–Crippen MR) is 105 cm³/mol. The molecule has 1 fully saturated rings. The number of rotatable bonds is 4. The lowest BCUT2D eigenvalue weighted by Crippen LogP contribution is -2.43. The molecule has 0 radical (unpaired) electrons. The Hall–Kier alpha value is -2.12. The van der Waals surface area contributed by atoms with Gasteiger partial charge < -0.3 is 25.0 Å². The summed E-state index contributed by atoms with van der Waals surface area (Å²) in [5.41, 5.74) is 3.80. The number of anilines is 1. The lowest BCUT2D eigenvalue weighted by atomic mass is 9.93. The van der Waals surface area contributed by atoms with E-state index in [4.69, 9.17) is 21.1 Å². The van der Waals surface area contributed by atoms with Crippen LogP contribution < -0.4 is 10.1 Å². The molecule has 2 heterocycles. The zero-order valence-corrected chi connectivity index (χ0v) is 16.0. The quantitative estimate of drug-likeness (QED) is 0.727. The van der Waals surface area contributed by atoms with E-state index < -0.39 is 30.7 Å². The van der Waals surface area contributed by atoms with Crippen LogP contribution in [0.4, 0.5) is 5.69 Å². The van der Waals surface area contributed by atoms with E-state index in [1.54, 1.807) is 6.07 Å². The number of benzene rings is 2. The van der Waals surface area contributed by atoms with Gasteiger partial charge in [-0.15, -0.1) is 0 Å². The van der Waals surface area contributed by atoms with E-state index in [-0.39, 0.29) is 6.42 Å². The fourth-order valence-electron chi connectivity index (χ4n) is 3.65. The van der Waals surface area contributed by atoms with Gasteiger partial charge in [0.1, 0.15) is 24.6 Å². The molecule has 1 saturated heterocycles. The second kappa shape index (κ2) is 8.09.